The molecule has 13 heteroatoms. The van der Waals surface area contributed by atoms with Crippen LogP contribution in [0.1, 0.15) is 29.5 Å². The van der Waals surface area contributed by atoms with Crippen molar-refractivity contribution in [2.45, 2.75) is 50.1 Å². The summed E-state index contributed by atoms with van der Waals surface area (Å²) >= 11 is 0. The van der Waals surface area contributed by atoms with E-state index >= 15 is 0 Å². The van der Waals surface area contributed by atoms with Gasteiger partial charge in [-0.2, -0.15) is 4.31 Å². The van der Waals surface area contributed by atoms with Gasteiger partial charge in [-0.25, -0.2) is 18.0 Å². The molecule has 44 heavy (non-hydrogen) atoms. The van der Waals surface area contributed by atoms with E-state index in [9.17, 15) is 32.7 Å². The molecule has 0 bridgehead atoms. The predicted molar refractivity (Wildman–Crippen MR) is 165 cm³/mol. The molecule has 0 aromatic heterocycles. The Balaban J connectivity index is 1.30. The molecule has 1 heterocycles. The molecule has 4 amide bonds. The van der Waals surface area contributed by atoms with E-state index in [4.69, 9.17) is 0 Å². The lowest BCUT2D eigenvalue weighted by Gasteiger charge is -2.25. The molecule has 2 atom stereocenters. The Hall–Kier alpha value is -4.75. The largest absolute Gasteiger partial charge is 0.480 e. The molecule has 4 rings (SSSR count). The maximum atomic E-state index is 13.2. The zero-order chi connectivity index (χ0) is 31.9. The standard InChI is InChI=1S/C31H35N5O7S/c1-20-8-14-25(15-9-20)44(42,43)36-16-4-7-27(36)29(38)35-26(30(39)40)18-22-10-12-23(13-11-22)33-28(37)19-32-31(41)34-24-6-3-5-21(2)17-24/h3,5-6,8-15,17,26-27H,4,7,16,18-19H2,1-2H3,(H,33,37)(H,35,38)(H,39,40)(H2,32,34,41)/t26-,27-/m0/s1. The van der Waals surface area contributed by atoms with Gasteiger partial charge in [0.05, 0.1) is 11.4 Å². The first kappa shape index (κ1) is 32.2. The fourth-order valence-corrected chi connectivity index (χ4v) is 6.48. The van der Waals surface area contributed by atoms with Gasteiger partial charge in [0.2, 0.25) is 21.8 Å². The predicted octanol–water partition coefficient (Wildman–Crippen LogP) is 3.03. The van der Waals surface area contributed by atoms with E-state index in [1.54, 1.807) is 54.6 Å². The number of anilines is 2. The quantitative estimate of drug-likeness (QED) is 0.219. The Morgan fingerprint density at radius 3 is 2.27 bits per heavy atom. The second-order valence-corrected chi connectivity index (χ2v) is 12.5. The van der Waals surface area contributed by atoms with E-state index in [1.807, 2.05) is 19.9 Å². The molecule has 0 saturated carbocycles. The van der Waals surface area contributed by atoms with Crippen molar-refractivity contribution in [3.05, 3.63) is 89.5 Å². The van der Waals surface area contributed by atoms with E-state index in [0.29, 0.717) is 23.4 Å². The smallest absolute Gasteiger partial charge is 0.326 e. The number of hydrogen-bond acceptors (Lipinski definition) is 6. The number of amides is 4. The molecule has 12 nitrogen and oxygen atoms in total. The van der Waals surface area contributed by atoms with Gasteiger partial charge in [0.25, 0.3) is 0 Å². The number of carboxylic acids is 1. The van der Waals surface area contributed by atoms with Gasteiger partial charge in [0.15, 0.2) is 0 Å². The highest BCUT2D eigenvalue weighted by molar-refractivity contribution is 7.89. The molecule has 0 radical (unpaired) electrons. The monoisotopic (exact) mass is 621 g/mol. The number of urea groups is 1. The SMILES string of the molecule is Cc1ccc(S(=O)(=O)N2CCC[C@H]2C(=O)N[C@@H](Cc2ccc(NC(=O)CNC(=O)Nc3cccc(C)c3)cc2)C(=O)O)cc1. The van der Waals surface area contributed by atoms with Gasteiger partial charge in [0, 0.05) is 24.3 Å². The summed E-state index contributed by atoms with van der Waals surface area (Å²) in [5.41, 5.74) is 3.48. The van der Waals surface area contributed by atoms with E-state index in [-0.39, 0.29) is 30.8 Å². The Morgan fingerprint density at radius 2 is 1.61 bits per heavy atom. The maximum Gasteiger partial charge on any atom is 0.326 e. The lowest BCUT2D eigenvalue weighted by molar-refractivity contribution is -0.142. The first-order chi connectivity index (χ1) is 20.9. The number of sulfonamides is 1. The first-order valence-electron chi connectivity index (χ1n) is 14.0. The van der Waals surface area contributed by atoms with Crippen molar-refractivity contribution in [1.29, 1.82) is 0 Å². The molecular weight excluding hydrogens is 586 g/mol. The summed E-state index contributed by atoms with van der Waals surface area (Å²) < 4.78 is 27.6. The Labute approximate surface area is 255 Å². The number of carboxylic acid groups (broad SMARTS) is 1. The number of benzene rings is 3. The molecule has 3 aromatic rings. The number of aryl methyl sites for hydroxylation is 2. The first-order valence-corrected chi connectivity index (χ1v) is 15.5. The summed E-state index contributed by atoms with van der Waals surface area (Å²) in [5, 5.41) is 20.1. The van der Waals surface area contributed by atoms with Crippen LogP contribution in [-0.4, -0.2) is 66.8 Å². The maximum absolute atomic E-state index is 13.2. The van der Waals surface area contributed by atoms with Crippen LogP contribution in [0.2, 0.25) is 0 Å². The third-order valence-corrected chi connectivity index (χ3v) is 9.03. The third-order valence-electron chi connectivity index (χ3n) is 7.11. The topological polar surface area (TPSA) is 174 Å². The Kier molecular flexibility index (Phi) is 10.3. The fourth-order valence-electron chi connectivity index (χ4n) is 4.83. The highest BCUT2D eigenvalue weighted by Crippen LogP contribution is 2.26. The molecule has 0 unspecified atom stereocenters. The van der Waals surface area contributed by atoms with Crippen LogP contribution in [0.15, 0.2) is 77.7 Å². The summed E-state index contributed by atoms with van der Waals surface area (Å²) in [6.45, 7) is 3.62. The van der Waals surface area contributed by atoms with Crippen LogP contribution in [0.25, 0.3) is 0 Å². The van der Waals surface area contributed by atoms with Crippen molar-refractivity contribution in [3.8, 4) is 0 Å². The number of nitrogens with one attached hydrogen (secondary N) is 4. The minimum Gasteiger partial charge on any atom is -0.480 e. The average Bonchev–Trinajstić information content (AvgIpc) is 3.48. The van der Waals surface area contributed by atoms with Crippen LogP contribution in [0.5, 0.6) is 0 Å². The molecule has 0 spiro atoms. The van der Waals surface area contributed by atoms with Gasteiger partial charge in [-0.1, -0.05) is 42.0 Å². The van der Waals surface area contributed by atoms with Crippen molar-refractivity contribution >= 4 is 45.2 Å². The fraction of sp³-hybridized carbons (Fsp3) is 0.290. The number of carbonyl (C=O) groups excluding carboxylic acids is 3. The molecule has 1 aliphatic rings. The van der Waals surface area contributed by atoms with Gasteiger partial charge in [-0.15, -0.1) is 0 Å². The highest BCUT2D eigenvalue weighted by Gasteiger charge is 2.40. The molecule has 1 aliphatic heterocycles. The lowest BCUT2D eigenvalue weighted by atomic mass is 10.0. The number of nitrogens with zero attached hydrogens (tertiary/aromatic N) is 1. The van der Waals surface area contributed by atoms with Gasteiger partial charge >= 0.3 is 12.0 Å². The van der Waals surface area contributed by atoms with Gasteiger partial charge < -0.3 is 26.4 Å². The van der Waals surface area contributed by atoms with Gasteiger partial charge in [-0.3, -0.25) is 9.59 Å². The van der Waals surface area contributed by atoms with Crippen LogP contribution in [0.3, 0.4) is 0 Å². The van der Waals surface area contributed by atoms with Gasteiger partial charge in [0.1, 0.15) is 12.1 Å². The van der Waals surface area contributed by atoms with Crippen LogP contribution < -0.4 is 21.3 Å². The molecule has 232 valence electrons. The molecule has 1 fully saturated rings. The van der Waals surface area contributed by atoms with Crippen molar-refractivity contribution < 1.29 is 32.7 Å². The van der Waals surface area contributed by atoms with Crippen LogP contribution >= 0.6 is 0 Å². The Bertz CT molecular complexity index is 1630. The van der Waals surface area contributed by atoms with Crippen LogP contribution in [-0.2, 0) is 30.8 Å². The van der Waals surface area contributed by atoms with Crippen molar-refractivity contribution in [1.82, 2.24) is 14.9 Å². The van der Waals surface area contributed by atoms with Crippen molar-refractivity contribution in [2.75, 3.05) is 23.7 Å². The average molecular weight is 622 g/mol. The van der Waals surface area contributed by atoms with E-state index in [1.165, 1.54) is 12.1 Å². The second-order valence-electron chi connectivity index (χ2n) is 10.6. The highest BCUT2D eigenvalue weighted by atomic mass is 32.2. The van der Waals surface area contributed by atoms with Crippen LogP contribution in [0.4, 0.5) is 16.2 Å². The molecule has 1 saturated heterocycles. The molecular formula is C31H35N5O7S. The number of rotatable bonds is 11. The van der Waals surface area contributed by atoms with Crippen molar-refractivity contribution in [3.63, 3.8) is 0 Å². The second kappa shape index (κ2) is 14.1. The van der Waals surface area contributed by atoms with E-state index < -0.39 is 45.9 Å². The molecule has 0 aliphatic carbocycles. The lowest BCUT2D eigenvalue weighted by Crippen LogP contribution is -2.51. The van der Waals surface area contributed by atoms with E-state index in [2.05, 4.69) is 21.3 Å². The molecule has 3 aromatic carbocycles. The van der Waals surface area contributed by atoms with Gasteiger partial charge in [-0.05, 0) is 74.2 Å². The summed E-state index contributed by atoms with van der Waals surface area (Å²) in [4.78, 5) is 49.6. The third kappa shape index (κ3) is 8.42. The zero-order valence-electron chi connectivity index (χ0n) is 24.4. The minimum atomic E-state index is -3.94. The number of aliphatic carboxylic acids is 1. The number of hydrogen-bond donors (Lipinski definition) is 5. The van der Waals surface area contributed by atoms with Crippen LogP contribution in [0, 0.1) is 13.8 Å². The summed E-state index contributed by atoms with van der Waals surface area (Å²) in [6.07, 6.45) is 0.689. The summed E-state index contributed by atoms with van der Waals surface area (Å²) in [7, 11) is -3.94. The minimum absolute atomic E-state index is 0.0621. The zero-order valence-corrected chi connectivity index (χ0v) is 25.2. The summed E-state index contributed by atoms with van der Waals surface area (Å²) in [6, 6.07) is 17.1. The normalized spacial score (nSPS) is 15.6. The summed E-state index contributed by atoms with van der Waals surface area (Å²) in [5.74, 6) is -2.40. The molecule has 5 N–H and O–H groups in total. The number of carbonyl (C=O) groups is 4. The Morgan fingerprint density at radius 1 is 0.909 bits per heavy atom. The van der Waals surface area contributed by atoms with E-state index in [0.717, 1.165) is 15.4 Å². The van der Waals surface area contributed by atoms with Crippen molar-refractivity contribution in [2.24, 2.45) is 0 Å².